The van der Waals surface area contributed by atoms with Crippen LogP contribution >= 0.6 is 0 Å². The van der Waals surface area contributed by atoms with Gasteiger partial charge in [0.15, 0.2) is 5.03 Å². The van der Waals surface area contributed by atoms with E-state index < -0.39 is 10.0 Å². The first-order chi connectivity index (χ1) is 7.54. The molecule has 88 valence electrons. The molecule has 0 bridgehead atoms. The molecule has 1 heterocycles. The predicted molar refractivity (Wildman–Crippen MR) is 61.2 cm³/mol. The third-order valence-corrected chi connectivity index (χ3v) is 4.27. The van der Waals surface area contributed by atoms with Gasteiger partial charge < -0.3 is 5.73 Å². The molecule has 0 amide bonds. The fourth-order valence-corrected chi connectivity index (χ4v) is 3.10. The minimum atomic E-state index is -3.56. The van der Waals surface area contributed by atoms with Crippen LogP contribution in [0.1, 0.15) is 19.8 Å². The second kappa shape index (κ2) is 4.03. The molecule has 1 aromatic heterocycles. The fourth-order valence-electron chi connectivity index (χ4n) is 1.73. The number of nitrogen functional groups attached to an aromatic ring is 1. The van der Waals surface area contributed by atoms with Crippen molar-refractivity contribution in [2.45, 2.75) is 30.8 Å². The lowest BCUT2D eigenvalue weighted by molar-refractivity contribution is 0.572. The number of aromatic nitrogens is 1. The van der Waals surface area contributed by atoms with E-state index in [4.69, 9.17) is 5.73 Å². The monoisotopic (exact) mass is 241 g/mol. The van der Waals surface area contributed by atoms with Crippen molar-refractivity contribution in [2.24, 2.45) is 5.92 Å². The summed E-state index contributed by atoms with van der Waals surface area (Å²) in [7, 11) is -3.56. The summed E-state index contributed by atoms with van der Waals surface area (Å²) in [5.41, 5.74) is 5.77. The highest BCUT2D eigenvalue weighted by atomic mass is 32.2. The van der Waals surface area contributed by atoms with Gasteiger partial charge in [-0.25, -0.2) is 18.1 Å². The lowest BCUT2D eigenvalue weighted by atomic mass is 10.3. The van der Waals surface area contributed by atoms with Gasteiger partial charge in [-0.2, -0.15) is 0 Å². The van der Waals surface area contributed by atoms with Gasteiger partial charge in [-0.3, -0.25) is 0 Å². The summed E-state index contributed by atoms with van der Waals surface area (Å²) >= 11 is 0. The van der Waals surface area contributed by atoms with E-state index in [2.05, 4.69) is 9.71 Å². The molecule has 6 heteroatoms. The first kappa shape index (κ1) is 11.3. The molecule has 0 aliphatic heterocycles. The first-order valence-corrected chi connectivity index (χ1v) is 6.75. The molecule has 2 unspecified atom stereocenters. The second-order valence-electron chi connectivity index (χ2n) is 4.03. The molecule has 1 aromatic rings. The van der Waals surface area contributed by atoms with Crippen LogP contribution in [-0.4, -0.2) is 19.4 Å². The van der Waals surface area contributed by atoms with Crippen LogP contribution in [0.3, 0.4) is 0 Å². The SMILES string of the molecule is CCC1CC1NS(=O)(=O)c1ncccc1N. The van der Waals surface area contributed by atoms with E-state index in [1.165, 1.54) is 12.3 Å². The number of rotatable bonds is 4. The molecule has 0 radical (unpaired) electrons. The van der Waals surface area contributed by atoms with E-state index in [1.807, 2.05) is 6.92 Å². The molecular formula is C10H15N3O2S. The number of sulfonamides is 1. The highest BCUT2D eigenvalue weighted by Crippen LogP contribution is 2.34. The molecule has 16 heavy (non-hydrogen) atoms. The summed E-state index contributed by atoms with van der Waals surface area (Å²) in [6.45, 7) is 2.05. The minimum absolute atomic E-state index is 0.0522. The number of nitrogens with two attached hydrogens (primary N) is 1. The van der Waals surface area contributed by atoms with E-state index in [-0.39, 0.29) is 16.8 Å². The Hall–Kier alpha value is -1.14. The van der Waals surface area contributed by atoms with Crippen LogP contribution in [-0.2, 0) is 10.0 Å². The second-order valence-corrected chi connectivity index (χ2v) is 5.66. The van der Waals surface area contributed by atoms with Gasteiger partial charge in [-0.05, 0) is 24.5 Å². The van der Waals surface area contributed by atoms with Crippen LogP contribution in [0.15, 0.2) is 23.4 Å². The topological polar surface area (TPSA) is 85.1 Å². The van der Waals surface area contributed by atoms with Crippen LogP contribution in [0.2, 0.25) is 0 Å². The molecule has 0 spiro atoms. The molecule has 1 saturated carbocycles. The summed E-state index contributed by atoms with van der Waals surface area (Å²) in [5, 5.41) is -0.0725. The number of nitrogens with zero attached hydrogens (tertiary/aromatic N) is 1. The van der Waals surface area contributed by atoms with Crippen LogP contribution in [0.5, 0.6) is 0 Å². The maximum Gasteiger partial charge on any atom is 0.260 e. The summed E-state index contributed by atoms with van der Waals surface area (Å²) < 4.78 is 26.4. The average molecular weight is 241 g/mol. The standard InChI is InChI=1S/C10H15N3O2S/c1-2-7-6-9(7)13-16(14,15)10-8(11)4-3-5-12-10/h3-5,7,9,13H,2,6,11H2,1H3. The largest absolute Gasteiger partial charge is 0.396 e. The van der Waals surface area contributed by atoms with E-state index in [0.717, 1.165) is 12.8 Å². The molecule has 1 aliphatic rings. The maximum absolute atomic E-state index is 11.9. The Kier molecular flexibility index (Phi) is 2.86. The van der Waals surface area contributed by atoms with Crippen LogP contribution in [0, 0.1) is 5.92 Å². The lowest BCUT2D eigenvalue weighted by Crippen LogP contribution is -2.28. The van der Waals surface area contributed by atoms with Crippen molar-refractivity contribution in [2.75, 3.05) is 5.73 Å². The average Bonchev–Trinajstić information content (AvgIpc) is 2.96. The Morgan fingerprint density at radius 3 is 2.94 bits per heavy atom. The summed E-state index contributed by atoms with van der Waals surface area (Å²) in [5.74, 6) is 0.458. The minimum Gasteiger partial charge on any atom is -0.396 e. The number of anilines is 1. The molecule has 3 N–H and O–H groups in total. The molecule has 0 saturated heterocycles. The van der Waals surface area contributed by atoms with Gasteiger partial charge in [0.05, 0.1) is 5.69 Å². The quantitative estimate of drug-likeness (QED) is 0.814. The number of pyridine rings is 1. The Bertz CT molecular complexity index is 487. The van der Waals surface area contributed by atoms with Crippen molar-refractivity contribution in [3.63, 3.8) is 0 Å². The molecule has 2 atom stereocenters. The van der Waals surface area contributed by atoms with Gasteiger partial charge in [0.1, 0.15) is 0 Å². The zero-order valence-electron chi connectivity index (χ0n) is 9.05. The van der Waals surface area contributed by atoms with Crippen LogP contribution in [0.4, 0.5) is 5.69 Å². The Balaban J connectivity index is 2.17. The molecule has 0 aromatic carbocycles. The maximum atomic E-state index is 11.9. The number of nitrogens with one attached hydrogen (secondary N) is 1. The highest BCUT2D eigenvalue weighted by Gasteiger charge is 2.39. The van der Waals surface area contributed by atoms with E-state index in [1.54, 1.807) is 6.07 Å². The van der Waals surface area contributed by atoms with Gasteiger partial charge in [-0.15, -0.1) is 0 Å². The van der Waals surface area contributed by atoms with Crippen LogP contribution in [0.25, 0.3) is 0 Å². The molecule has 2 rings (SSSR count). The molecular weight excluding hydrogens is 226 g/mol. The van der Waals surface area contributed by atoms with Gasteiger partial charge in [-0.1, -0.05) is 13.3 Å². The van der Waals surface area contributed by atoms with Gasteiger partial charge >= 0.3 is 0 Å². The van der Waals surface area contributed by atoms with Crippen molar-refractivity contribution in [1.82, 2.24) is 9.71 Å². The zero-order valence-corrected chi connectivity index (χ0v) is 9.87. The molecule has 1 fully saturated rings. The third-order valence-electron chi connectivity index (χ3n) is 2.81. The van der Waals surface area contributed by atoms with E-state index in [9.17, 15) is 8.42 Å². The van der Waals surface area contributed by atoms with Gasteiger partial charge in [0, 0.05) is 12.2 Å². The Morgan fingerprint density at radius 1 is 1.62 bits per heavy atom. The molecule has 5 nitrogen and oxygen atoms in total. The Labute approximate surface area is 95.1 Å². The van der Waals surface area contributed by atoms with Crippen molar-refractivity contribution in [3.05, 3.63) is 18.3 Å². The number of hydrogen-bond acceptors (Lipinski definition) is 4. The van der Waals surface area contributed by atoms with Crippen molar-refractivity contribution >= 4 is 15.7 Å². The lowest BCUT2D eigenvalue weighted by Gasteiger charge is -2.07. The van der Waals surface area contributed by atoms with Gasteiger partial charge in [0.2, 0.25) is 0 Å². The zero-order chi connectivity index (χ0) is 11.8. The van der Waals surface area contributed by atoms with E-state index in [0.29, 0.717) is 5.92 Å². The summed E-state index contributed by atoms with van der Waals surface area (Å²) in [4.78, 5) is 3.81. The number of hydrogen-bond donors (Lipinski definition) is 2. The normalized spacial score (nSPS) is 24.3. The fraction of sp³-hybridized carbons (Fsp3) is 0.500. The van der Waals surface area contributed by atoms with E-state index >= 15 is 0 Å². The smallest absolute Gasteiger partial charge is 0.260 e. The van der Waals surface area contributed by atoms with Crippen LogP contribution < -0.4 is 10.5 Å². The molecule has 1 aliphatic carbocycles. The first-order valence-electron chi connectivity index (χ1n) is 5.27. The Morgan fingerprint density at radius 2 is 2.38 bits per heavy atom. The van der Waals surface area contributed by atoms with Crippen molar-refractivity contribution in [3.8, 4) is 0 Å². The van der Waals surface area contributed by atoms with Crippen molar-refractivity contribution < 1.29 is 8.42 Å². The van der Waals surface area contributed by atoms with Gasteiger partial charge in [0.25, 0.3) is 10.0 Å². The third kappa shape index (κ3) is 2.17. The summed E-state index contributed by atoms with van der Waals surface area (Å²) in [6, 6.07) is 3.20. The predicted octanol–water partition coefficient (Wildman–Crippen LogP) is 0.741. The highest BCUT2D eigenvalue weighted by molar-refractivity contribution is 7.89. The van der Waals surface area contributed by atoms with Crippen molar-refractivity contribution in [1.29, 1.82) is 0 Å². The summed E-state index contributed by atoms with van der Waals surface area (Å²) in [6.07, 6.45) is 3.32.